The van der Waals surface area contributed by atoms with Gasteiger partial charge in [-0.3, -0.25) is 0 Å². The minimum absolute atomic E-state index is 0. The Morgan fingerprint density at radius 3 is 0.368 bits per heavy atom. The molecule has 0 bridgehead atoms. The summed E-state index contributed by atoms with van der Waals surface area (Å²) in [7, 11) is 0. The summed E-state index contributed by atoms with van der Waals surface area (Å²) in [6.07, 6.45) is 0. The van der Waals surface area contributed by atoms with Gasteiger partial charge in [-0.05, 0) is 0 Å². The van der Waals surface area contributed by atoms with Gasteiger partial charge >= 0.3 is 0 Å². The third-order valence-electron chi connectivity index (χ3n) is 0. The van der Waals surface area contributed by atoms with Crippen LogP contribution in [-0.4, -0.2) is 0 Å². The zero-order chi connectivity index (χ0) is 16.2. The van der Waals surface area contributed by atoms with Gasteiger partial charge < -0.3 is 75.8 Å². The molecule has 0 amide bonds. The van der Waals surface area contributed by atoms with Gasteiger partial charge in [-0.2, -0.15) is 0 Å². The molecule has 0 atom stereocenters. The van der Waals surface area contributed by atoms with E-state index in [0.717, 1.165) is 0 Å². The van der Waals surface area contributed by atoms with Gasteiger partial charge in [0.1, 0.15) is 0 Å². The average Bonchev–Trinajstić information content (AvgIpc) is 2.23. The van der Waals surface area contributed by atoms with Gasteiger partial charge in [-0.15, -0.1) is 0 Å². The minimum atomic E-state index is 0. The van der Waals surface area contributed by atoms with Crippen molar-refractivity contribution in [3.63, 3.8) is 0 Å². The first-order valence-electron chi connectivity index (χ1n) is 2.57. The van der Waals surface area contributed by atoms with E-state index in [0.29, 0.717) is 0 Å². The summed E-state index contributed by atoms with van der Waals surface area (Å²) in [4.78, 5) is 0. The summed E-state index contributed by atoms with van der Waals surface area (Å²) in [5, 5.41) is 50.8. The van der Waals surface area contributed by atoms with Crippen molar-refractivity contribution < 1.29 is 25.8 Å². The van der Waals surface area contributed by atoms with Crippen LogP contribution in [-0.2, 0) is 102 Å². The van der Waals surface area contributed by atoms with Gasteiger partial charge in [0.2, 0.25) is 0 Å². The van der Waals surface area contributed by atoms with E-state index in [9.17, 15) is 0 Å². The van der Waals surface area contributed by atoms with E-state index in [-0.39, 0.29) is 25.8 Å². The number of hydrogen-bond donors (Lipinski definition) is 0. The van der Waals surface area contributed by atoms with E-state index < -0.39 is 0 Å². The molecule has 100 valence electrons. The third kappa shape index (κ3) is 5180. The second kappa shape index (κ2) is 169. The fourth-order valence-corrected chi connectivity index (χ4v) is 0. The fraction of sp³-hybridized carbons (Fsp3) is 0. The second-order valence-electron chi connectivity index (χ2n) is 0.548. The molecule has 0 N–H and O–H groups in total. The van der Waals surface area contributed by atoms with Crippen LogP contribution in [0.1, 0.15) is 0 Å². The molecule has 0 aromatic rings. The standard InChI is InChI=1S/6CHNS.Hf/c6*2-1-3;/h6*3H;/p-6. The molecule has 0 saturated carbocycles. The zero-order valence-electron chi connectivity index (χ0n) is 8.63. The molecule has 0 aliphatic carbocycles. The van der Waals surface area contributed by atoms with Crippen LogP contribution in [0.3, 0.4) is 0 Å². The van der Waals surface area contributed by atoms with Gasteiger partial charge in [0.05, 0.1) is 0 Å². The molecule has 0 aromatic heterocycles. The van der Waals surface area contributed by atoms with Crippen LogP contribution in [0.5, 0.6) is 0 Å². The first kappa shape index (κ1) is 42.9. The summed E-state index contributed by atoms with van der Waals surface area (Å²) >= 11 is 22.2. The van der Waals surface area contributed by atoms with Crippen molar-refractivity contribution in [3.05, 3.63) is 0 Å². The van der Waals surface area contributed by atoms with Crippen molar-refractivity contribution in [2.75, 3.05) is 0 Å². The number of hydrogen-bond acceptors (Lipinski definition) is 12. The van der Waals surface area contributed by atoms with Crippen LogP contribution in [0.15, 0.2) is 0 Å². The van der Waals surface area contributed by atoms with E-state index in [4.69, 9.17) is 31.6 Å². The Morgan fingerprint density at radius 1 is 0.368 bits per heavy atom. The summed E-state index contributed by atoms with van der Waals surface area (Å²) in [6, 6.07) is 0. The molecule has 0 rings (SSSR count). The maximum absolute atomic E-state index is 7.13. The molecule has 0 aromatic carbocycles. The van der Waals surface area contributed by atoms with E-state index in [1.54, 1.807) is 0 Å². The van der Waals surface area contributed by atoms with Crippen LogP contribution >= 0.6 is 0 Å². The first-order valence-corrected chi connectivity index (χ1v) is 5.02. The molecular weight excluding hydrogens is 527 g/mol. The molecule has 0 heterocycles. The Bertz CT molecular complexity index is 256. The summed E-state index contributed by atoms with van der Waals surface area (Å²) in [5.41, 5.74) is 0. The molecule has 0 saturated heterocycles. The molecular formula is C6HfN6S6-6. The summed E-state index contributed by atoms with van der Waals surface area (Å²) in [6.45, 7) is 0. The minimum Gasteiger partial charge on any atom is -0.696 e. The average molecular weight is 527 g/mol. The number of nitrogens with zero attached hydrogens (tertiary/aromatic N) is 6. The third-order valence-corrected chi connectivity index (χ3v) is 0. The molecule has 0 fully saturated rings. The topological polar surface area (TPSA) is 143 Å². The van der Waals surface area contributed by atoms with E-state index >= 15 is 0 Å². The largest absolute Gasteiger partial charge is 0.696 e. The predicted molar refractivity (Wildman–Crippen MR) is 77.9 cm³/mol. The van der Waals surface area contributed by atoms with Gasteiger partial charge in [0.15, 0.2) is 0 Å². The fourth-order valence-electron chi connectivity index (χ4n) is 0. The Hall–Kier alpha value is -0.870. The molecule has 0 spiro atoms. The van der Waals surface area contributed by atoms with E-state index in [1.807, 2.05) is 0 Å². The number of nitriles is 6. The Labute approximate surface area is 164 Å². The quantitative estimate of drug-likeness (QED) is 0.239. The molecule has 6 nitrogen and oxygen atoms in total. The van der Waals surface area contributed by atoms with Gasteiger partial charge in [0.25, 0.3) is 0 Å². The van der Waals surface area contributed by atoms with Crippen LogP contribution in [0, 0.1) is 64.0 Å². The number of thiocyanates is 6. The first-order chi connectivity index (χ1) is 8.49. The number of rotatable bonds is 0. The smallest absolute Gasteiger partial charge is 0 e. The maximum atomic E-state index is 7.13. The normalized spacial score (nSPS) is 2.21. The molecule has 13 heteroatoms. The molecule has 0 aliphatic heterocycles. The molecule has 19 heavy (non-hydrogen) atoms. The Kier molecular flexibility index (Phi) is 383. The van der Waals surface area contributed by atoms with Crippen molar-refractivity contribution in [2.45, 2.75) is 0 Å². The van der Waals surface area contributed by atoms with E-state index in [2.05, 4.69) is 75.8 Å². The van der Waals surface area contributed by atoms with Gasteiger partial charge in [-0.25, -0.2) is 31.6 Å². The van der Waals surface area contributed by atoms with Crippen molar-refractivity contribution in [3.8, 4) is 32.4 Å². The molecule has 0 radical (unpaired) electrons. The van der Waals surface area contributed by atoms with Crippen LogP contribution < -0.4 is 0 Å². The Morgan fingerprint density at radius 2 is 0.368 bits per heavy atom. The molecule has 0 unspecified atom stereocenters. The van der Waals surface area contributed by atoms with Crippen LogP contribution in [0.2, 0.25) is 0 Å². The summed E-state index contributed by atoms with van der Waals surface area (Å²) < 4.78 is 0. The zero-order valence-corrected chi connectivity index (χ0v) is 17.1. The van der Waals surface area contributed by atoms with Crippen molar-refractivity contribution in [1.29, 1.82) is 31.6 Å². The van der Waals surface area contributed by atoms with Crippen LogP contribution in [0.4, 0.5) is 0 Å². The maximum Gasteiger partial charge on any atom is 0 e. The van der Waals surface area contributed by atoms with Gasteiger partial charge in [0, 0.05) is 25.8 Å². The van der Waals surface area contributed by atoms with Crippen molar-refractivity contribution in [2.24, 2.45) is 0 Å². The van der Waals surface area contributed by atoms with Gasteiger partial charge in [-0.1, -0.05) is 32.4 Å². The second-order valence-corrected chi connectivity index (χ2v) is 1.64. The predicted octanol–water partition coefficient (Wildman–Crippen LogP) is 0.0838. The monoisotopic (exact) mass is 528 g/mol. The van der Waals surface area contributed by atoms with Crippen molar-refractivity contribution >= 4 is 75.8 Å². The van der Waals surface area contributed by atoms with Crippen LogP contribution in [0.25, 0.3) is 0 Å². The SMILES string of the molecule is N#C[S-].N#C[S-].N#C[S-].N#C[S-].N#C[S-].N#C[S-].[Hf]. The van der Waals surface area contributed by atoms with E-state index in [1.165, 1.54) is 32.4 Å². The Balaban J connectivity index is -0.0000000180. The summed E-state index contributed by atoms with van der Waals surface area (Å²) in [5.74, 6) is 0. The van der Waals surface area contributed by atoms with Crippen molar-refractivity contribution in [1.82, 2.24) is 0 Å². The molecule has 0 aliphatic rings.